The zero-order valence-corrected chi connectivity index (χ0v) is 19.2. The van der Waals surface area contributed by atoms with E-state index in [2.05, 4.69) is 20.8 Å². The van der Waals surface area contributed by atoms with Gasteiger partial charge in [-0.15, -0.1) is 0 Å². The highest BCUT2D eigenvalue weighted by Crippen LogP contribution is 2.40. The molecule has 0 saturated carbocycles. The lowest BCUT2D eigenvalue weighted by molar-refractivity contribution is -0.140. The van der Waals surface area contributed by atoms with Gasteiger partial charge in [-0.25, -0.2) is 0 Å². The number of hydrogen-bond acceptors (Lipinski definition) is 4. The van der Waals surface area contributed by atoms with Crippen LogP contribution in [0.15, 0.2) is 54.1 Å². The molecule has 0 bridgehead atoms. The Balaban J connectivity index is 1.81. The average molecular weight is 434 g/mol. The first-order valence-electron chi connectivity index (χ1n) is 11.2. The van der Waals surface area contributed by atoms with E-state index in [9.17, 15) is 14.7 Å². The lowest BCUT2D eigenvalue weighted by atomic mass is 9.85. The largest absolute Gasteiger partial charge is 0.507 e. The quantitative estimate of drug-likeness (QED) is 0.423. The first kappa shape index (κ1) is 22.3. The standard InChI is InChI=1S/C27H31NO4/c1-17-7-9-19(10-8-17)24(29)22-23(18-11-13-20(14-12-18)27(2,3)4)28(26(31)25(22)30)16-21-6-5-15-32-21/h7-14,21,23,29H,5-6,15-16H2,1-4H3/t21-,23-/m0/s1. The first-order valence-corrected chi connectivity index (χ1v) is 11.2. The molecule has 2 atom stereocenters. The van der Waals surface area contributed by atoms with Crippen LogP contribution in [-0.2, 0) is 19.7 Å². The van der Waals surface area contributed by atoms with Gasteiger partial charge >= 0.3 is 0 Å². The molecule has 2 heterocycles. The van der Waals surface area contributed by atoms with Gasteiger partial charge in [0, 0.05) is 18.7 Å². The maximum atomic E-state index is 13.1. The van der Waals surface area contributed by atoms with E-state index in [-0.39, 0.29) is 22.9 Å². The zero-order chi connectivity index (χ0) is 23.0. The van der Waals surface area contributed by atoms with Crippen molar-refractivity contribution in [2.24, 2.45) is 0 Å². The van der Waals surface area contributed by atoms with Crippen molar-refractivity contribution in [3.63, 3.8) is 0 Å². The Kier molecular flexibility index (Phi) is 5.95. The molecule has 1 amide bonds. The molecule has 2 aromatic carbocycles. The van der Waals surface area contributed by atoms with Crippen LogP contribution in [0.2, 0.25) is 0 Å². The molecule has 32 heavy (non-hydrogen) atoms. The van der Waals surface area contributed by atoms with Crippen molar-refractivity contribution in [2.75, 3.05) is 13.2 Å². The van der Waals surface area contributed by atoms with E-state index in [1.807, 2.05) is 43.3 Å². The highest BCUT2D eigenvalue weighted by molar-refractivity contribution is 6.46. The van der Waals surface area contributed by atoms with Crippen LogP contribution < -0.4 is 0 Å². The van der Waals surface area contributed by atoms with Crippen molar-refractivity contribution in [1.82, 2.24) is 4.90 Å². The minimum absolute atomic E-state index is 0.0140. The van der Waals surface area contributed by atoms with Crippen molar-refractivity contribution in [1.29, 1.82) is 0 Å². The number of likely N-dealkylation sites (tertiary alicyclic amines) is 1. The van der Waals surface area contributed by atoms with Crippen LogP contribution in [0.1, 0.15) is 61.9 Å². The van der Waals surface area contributed by atoms with E-state index in [0.29, 0.717) is 18.7 Å². The zero-order valence-electron chi connectivity index (χ0n) is 19.2. The fraction of sp³-hybridized carbons (Fsp3) is 0.407. The summed E-state index contributed by atoms with van der Waals surface area (Å²) in [6.07, 6.45) is 1.71. The number of aryl methyl sites for hydroxylation is 1. The van der Waals surface area contributed by atoms with Crippen LogP contribution in [-0.4, -0.2) is 41.0 Å². The number of hydrogen-bond donors (Lipinski definition) is 1. The van der Waals surface area contributed by atoms with Gasteiger partial charge in [-0.2, -0.15) is 0 Å². The summed E-state index contributed by atoms with van der Waals surface area (Å²) < 4.78 is 5.76. The molecule has 0 aromatic heterocycles. The summed E-state index contributed by atoms with van der Waals surface area (Å²) in [4.78, 5) is 27.8. The van der Waals surface area contributed by atoms with Gasteiger partial charge in [-0.05, 0) is 36.3 Å². The van der Waals surface area contributed by atoms with E-state index < -0.39 is 17.7 Å². The number of ketones is 1. The van der Waals surface area contributed by atoms with Crippen molar-refractivity contribution < 1.29 is 19.4 Å². The molecule has 0 aliphatic carbocycles. The van der Waals surface area contributed by atoms with Gasteiger partial charge in [0.1, 0.15) is 5.76 Å². The van der Waals surface area contributed by atoms with Crippen molar-refractivity contribution in [3.05, 3.63) is 76.4 Å². The van der Waals surface area contributed by atoms with Crippen molar-refractivity contribution in [3.8, 4) is 0 Å². The SMILES string of the molecule is Cc1ccc(C(O)=C2C(=O)C(=O)N(C[C@@H]3CCCO3)[C@H]2c2ccc(C(C)(C)C)cc2)cc1. The summed E-state index contributed by atoms with van der Waals surface area (Å²) in [5, 5.41) is 11.1. The molecule has 5 heteroatoms. The summed E-state index contributed by atoms with van der Waals surface area (Å²) >= 11 is 0. The van der Waals surface area contributed by atoms with Crippen molar-refractivity contribution >= 4 is 17.4 Å². The number of aliphatic hydroxyl groups is 1. The Morgan fingerprint density at radius 1 is 1.06 bits per heavy atom. The van der Waals surface area contributed by atoms with Crippen LogP contribution in [0.3, 0.4) is 0 Å². The van der Waals surface area contributed by atoms with E-state index in [1.54, 1.807) is 17.0 Å². The second-order valence-electron chi connectivity index (χ2n) is 9.82. The van der Waals surface area contributed by atoms with Crippen LogP contribution >= 0.6 is 0 Å². The number of benzene rings is 2. The number of nitrogens with zero attached hydrogens (tertiary/aromatic N) is 1. The predicted molar refractivity (Wildman–Crippen MR) is 124 cm³/mol. The Morgan fingerprint density at radius 3 is 2.28 bits per heavy atom. The molecule has 2 saturated heterocycles. The Morgan fingerprint density at radius 2 is 1.72 bits per heavy atom. The summed E-state index contributed by atoms with van der Waals surface area (Å²) in [5.74, 6) is -1.37. The molecule has 0 radical (unpaired) electrons. The van der Waals surface area contributed by atoms with E-state index in [4.69, 9.17) is 4.74 Å². The summed E-state index contributed by atoms with van der Waals surface area (Å²) in [7, 11) is 0. The molecule has 2 aliphatic rings. The highest BCUT2D eigenvalue weighted by atomic mass is 16.5. The molecule has 0 spiro atoms. The molecule has 2 aromatic rings. The van der Waals surface area contributed by atoms with Gasteiger partial charge in [0.25, 0.3) is 11.7 Å². The number of carbonyl (C=O) groups excluding carboxylic acids is 2. The molecular formula is C27H31NO4. The van der Waals surface area contributed by atoms with Gasteiger partial charge in [0.15, 0.2) is 0 Å². The molecule has 0 unspecified atom stereocenters. The lowest BCUT2D eigenvalue weighted by Gasteiger charge is -2.28. The Hall–Kier alpha value is -2.92. The van der Waals surface area contributed by atoms with Gasteiger partial charge in [0.2, 0.25) is 0 Å². The van der Waals surface area contributed by atoms with Gasteiger partial charge in [-0.1, -0.05) is 74.9 Å². The number of ether oxygens (including phenoxy) is 1. The molecule has 2 aliphatic heterocycles. The Labute approximate surface area is 189 Å². The van der Waals surface area contributed by atoms with E-state index in [0.717, 1.165) is 29.5 Å². The van der Waals surface area contributed by atoms with Crippen molar-refractivity contribution in [2.45, 2.75) is 58.1 Å². The van der Waals surface area contributed by atoms with Crippen LogP contribution in [0.25, 0.3) is 5.76 Å². The fourth-order valence-corrected chi connectivity index (χ4v) is 4.45. The lowest BCUT2D eigenvalue weighted by Crippen LogP contribution is -2.36. The minimum atomic E-state index is -0.647. The fourth-order valence-electron chi connectivity index (χ4n) is 4.45. The number of amides is 1. The molecule has 5 nitrogen and oxygen atoms in total. The molecule has 2 fully saturated rings. The first-order chi connectivity index (χ1) is 15.2. The predicted octanol–water partition coefficient (Wildman–Crippen LogP) is 4.89. The summed E-state index contributed by atoms with van der Waals surface area (Å²) in [5.41, 5.74) is 3.68. The monoisotopic (exact) mass is 433 g/mol. The number of aliphatic hydroxyl groups excluding tert-OH is 1. The molecule has 1 N–H and O–H groups in total. The average Bonchev–Trinajstić information content (AvgIpc) is 3.36. The van der Waals surface area contributed by atoms with E-state index >= 15 is 0 Å². The second-order valence-corrected chi connectivity index (χ2v) is 9.82. The third-order valence-electron chi connectivity index (χ3n) is 6.38. The molecule has 4 rings (SSSR count). The third kappa shape index (κ3) is 4.22. The second kappa shape index (κ2) is 8.55. The Bertz CT molecular complexity index is 1040. The van der Waals surface area contributed by atoms with Gasteiger partial charge in [-0.3, -0.25) is 9.59 Å². The molecule has 168 valence electrons. The smallest absolute Gasteiger partial charge is 0.295 e. The molecular weight excluding hydrogens is 402 g/mol. The van der Waals surface area contributed by atoms with Crippen LogP contribution in [0, 0.1) is 6.92 Å². The number of carbonyl (C=O) groups is 2. The number of rotatable bonds is 4. The minimum Gasteiger partial charge on any atom is -0.507 e. The maximum absolute atomic E-state index is 13.1. The topological polar surface area (TPSA) is 66.8 Å². The highest BCUT2D eigenvalue weighted by Gasteiger charge is 2.47. The van der Waals surface area contributed by atoms with E-state index in [1.165, 1.54) is 0 Å². The normalized spacial score (nSPS) is 23.2. The maximum Gasteiger partial charge on any atom is 0.295 e. The number of Topliss-reactive ketones (excluding diaryl/α,β-unsaturated/α-hetero) is 1. The van der Waals surface area contributed by atoms with Gasteiger partial charge in [0.05, 0.1) is 17.7 Å². The van der Waals surface area contributed by atoms with Crippen LogP contribution in [0.5, 0.6) is 0 Å². The third-order valence-corrected chi connectivity index (χ3v) is 6.38. The van der Waals surface area contributed by atoms with Gasteiger partial charge < -0.3 is 14.7 Å². The summed E-state index contributed by atoms with van der Waals surface area (Å²) in [6, 6.07) is 14.7. The van der Waals surface area contributed by atoms with Crippen LogP contribution in [0.4, 0.5) is 0 Å². The summed E-state index contributed by atoms with van der Waals surface area (Å²) in [6.45, 7) is 9.39.